The summed E-state index contributed by atoms with van der Waals surface area (Å²) in [5.74, 6) is 1.06. The maximum absolute atomic E-state index is 12.5. The minimum absolute atomic E-state index is 0.208. The largest absolute Gasteiger partial charge is 0.438 e. The van der Waals surface area contributed by atoms with Crippen molar-refractivity contribution >= 4 is 11.6 Å². The molecule has 1 aromatic carbocycles. The third-order valence-corrected chi connectivity index (χ3v) is 4.37. The van der Waals surface area contributed by atoms with E-state index in [1.54, 1.807) is 13.1 Å². The molecular formula is C20H23N3O3. The van der Waals surface area contributed by atoms with Crippen molar-refractivity contribution in [3.05, 3.63) is 53.2 Å². The number of nitrogens with one attached hydrogen (secondary N) is 1. The van der Waals surface area contributed by atoms with Crippen LogP contribution in [0.25, 0.3) is 0 Å². The van der Waals surface area contributed by atoms with Crippen molar-refractivity contribution in [1.82, 2.24) is 10.3 Å². The number of carbonyl (C=O) groups is 1. The van der Waals surface area contributed by atoms with Crippen LogP contribution < -0.4 is 10.1 Å². The molecule has 0 radical (unpaired) electrons. The van der Waals surface area contributed by atoms with Crippen LogP contribution in [-0.4, -0.2) is 22.2 Å². The SMILES string of the molecule is CC1=NO[C@@](C)(C(=O)NCc2cccnc2Oc2c(C)cccc2C)C1. The van der Waals surface area contributed by atoms with Gasteiger partial charge in [0.25, 0.3) is 5.91 Å². The second-order valence-corrected chi connectivity index (χ2v) is 6.80. The molecule has 1 aliphatic heterocycles. The van der Waals surface area contributed by atoms with Crippen molar-refractivity contribution in [2.45, 2.75) is 46.3 Å². The highest BCUT2D eigenvalue weighted by molar-refractivity contribution is 5.94. The lowest BCUT2D eigenvalue weighted by molar-refractivity contribution is -0.141. The molecule has 1 N–H and O–H groups in total. The van der Waals surface area contributed by atoms with Crippen molar-refractivity contribution < 1.29 is 14.4 Å². The van der Waals surface area contributed by atoms with E-state index in [-0.39, 0.29) is 5.91 Å². The van der Waals surface area contributed by atoms with Gasteiger partial charge in [-0.1, -0.05) is 29.4 Å². The molecule has 1 aliphatic rings. The van der Waals surface area contributed by atoms with E-state index in [1.165, 1.54) is 0 Å². The molecule has 3 rings (SSSR count). The molecule has 136 valence electrons. The number of hydrogen-bond acceptors (Lipinski definition) is 5. The maximum Gasteiger partial charge on any atom is 0.267 e. The standard InChI is InChI=1S/C20H23N3O3/c1-13-7-5-8-14(2)17(13)25-18-16(9-6-10-21-18)12-22-19(24)20(4)11-15(3)23-26-20/h5-10H,11-12H2,1-4H3,(H,22,24)/t20-/m1/s1. The van der Waals surface area contributed by atoms with E-state index in [2.05, 4.69) is 15.5 Å². The lowest BCUT2D eigenvalue weighted by Gasteiger charge is -2.20. The Balaban J connectivity index is 1.73. The molecule has 0 fully saturated rings. The van der Waals surface area contributed by atoms with Gasteiger partial charge in [-0.15, -0.1) is 0 Å². The first-order valence-corrected chi connectivity index (χ1v) is 8.57. The first-order valence-electron chi connectivity index (χ1n) is 8.57. The van der Waals surface area contributed by atoms with Crippen LogP contribution in [0.4, 0.5) is 0 Å². The highest BCUT2D eigenvalue weighted by Crippen LogP contribution is 2.29. The third kappa shape index (κ3) is 3.69. The zero-order valence-electron chi connectivity index (χ0n) is 15.5. The number of pyridine rings is 1. The van der Waals surface area contributed by atoms with Gasteiger partial charge in [0.2, 0.25) is 11.5 Å². The number of carbonyl (C=O) groups excluding carboxylic acids is 1. The Morgan fingerprint density at radius 2 is 1.96 bits per heavy atom. The Hall–Kier alpha value is -2.89. The molecular weight excluding hydrogens is 330 g/mol. The van der Waals surface area contributed by atoms with E-state index in [9.17, 15) is 4.79 Å². The van der Waals surface area contributed by atoms with Crippen molar-refractivity contribution in [2.75, 3.05) is 0 Å². The Labute approximate surface area is 153 Å². The van der Waals surface area contributed by atoms with Gasteiger partial charge >= 0.3 is 0 Å². The average Bonchev–Trinajstić information content (AvgIpc) is 2.97. The summed E-state index contributed by atoms with van der Waals surface area (Å²) < 4.78 is 6.05. The Kier molecular flexibility index (Phi) is 4.93. The molecule has 1 aromatic heterocycles. The summed E-state index contributed by atoms with van der Waals surface area (Å²) in [6.45, 7) is 7.86. The minimum atomic E-state index is -0.958. The van der Waals surface area contributed by atoms with E-state index in [0.29, 0.717) is 18.8 Å². The number of benzene rings is 1. The summed E-state index contributed by atoms with van der Waals surface area (Å²) in [7, 11) is 0. The van der Waals surface area contributed by atoms with Crippen LogP contribution in [0.15, 0.2) is 41.7 Å². The molecule has 6 nitrogen and oxygen atoms in total. The normalized spacial score (nSPS) is 18.8. The smallest absolute Gasteiger partial charge is 0.267 e. The molecule has 0 unspecified atom stereocenters. The summed E-state index contributed by atoms with van der Waals surface area (Å²) in [6.07, 6.45) is 2.16. The number of rotatable bonds is 5. The highest BCUT2D eigenvalue weighted by Gasteiger charge is 2.40. The molecule has 1 atom stereocenters. The topological polar surface area (TPSA) is 72.8 Å². The fraction of sp³-hybridized carbons (Fsp3) is 0.350. The Morgan fingerprint density at radius 1 is 1.23 bits per heavy atom. The fourth-order valence-corrected chi connectivity index (χ4v) is 2.92. The van der Waals surface area contributed by atoms with Crippen LogP contribution in [0.2, 0.25) is 0 Å². The average molecular weight is 353 g/mol. The summed E-state index contributed by atoms with van der Waals surface area (Å²) in [5, 5.41) is 6.78. The van der Waals surface area contributed by atoms with Gasteiger partial charge in [0.15, 0.2) is 0 Å². The van der Waals surface area contributed by atoms with Crippen LogP contribution in [0.1, 0.15) is 37.0 Å². The number of ether oxygens (including phenoxy) is 1. The minimum Gasteiger partial charge on any atom is -0.438 e. The molecule has 2 aromatic rings. The second-order valence-electron chi connectivity index (χ2n) is 6.80. The number of para-hydroxylation sites is 1. The van der Waals surface area contributed by atoms with Crippen molar-refractivity contribution in [3.63, 3.8) is 0 Å². The van der Waals surface area contributed by atoms with E-state index in [4.69, 9.17) is 9.57 Å². The summed E-state index contributed by atoms with van der Waals surface area (Å²) in [5.41, 5.74) is 2.71. The number of amides is 1. The molecule has 0 spiro atoms. The number of hydrogen-bond donors (Lipinski definition) is 1. The van der Waals surface area contributed by atoms with Gasteiger partial charge in [-0.05, 0) is 44.9 Å². The third-order valence-electron chi connectivity index (χ3n) is 4.37. The summed E-state index contributed by atoms with van der Waals surface area (Å²) in [6, 6.07) is 9.68. The predicted octanol–water partition coefficient (Wildman–Crippen LogP) is 3.66. The van der Waals surface area contributed by atoms with Crippen LogP contribution in [0.3, 0.4) is 0 Å². The van der Waals surface area contributed by atoms with Crippen LogP contribution in [0, 0.1) is 13.8 Å². The molecule has 2 heterocycles. The lowest BCUT2D eigenvalue weighted by Crippen LogP contribution is -2.44. The van der Waals surface area contributed by atoms with E-state index < -0.39 is 5.60 Å². The van der Waals surface area contributed by atoms with Crippen molar-refractivity contribution in [2.24, 2.45) is 5.16 Å². The van der Waals surface area contributed by atoms with Gasteiger partial charge in [0.1, 0.15) is 5.75 Å². The van der Waals surface area contributed by atoms with Crippen LogP contribution in [-0.2, 0) is 16.2 Å². The zero-order chi connectivity index (χ0) is 18.7. The van der Waals surface area contributed by atoms with Crippen LogP contribution in [0.5, 0.6) is 11.6 Å². The Morgan fingerprint density at radius 3 is 2.62 bits per heavy atom. The lowest BCUT2D eigenvalue weighted by atomic mass is 9.99. The van der Waals surface area contributed by atoms with E-state index in [0.717, 1.165) is 28.2 Å². The van der Waals surface area contributed by atoms with Crippen molar-refractivity contribution in [3.8, 4) is 11.6 Å². The number of nitrogens with zero attached hydrogens (tertiary/aromatic N) is 2. The number of aromatic nitrogens is 1. The summed E-state index contributed by atoms with van der Waals surface area (Å²) in [4.78, 5) is 22.1. The van der Waals surface area contributed by atoms with Gasteiger partial charge < -0.3 is 14.9 Å². The van der Waals surface area contributed by atoms with E-state index >= 15 is 0 Å². The van der Waals surface area contributed by atoms with Crippen molar-refractivity contribution in [1.29, 1.82) is 0 Å². The maximum atomic E-state index is 12.5. The van der Waals surface area contributed by atoms with Gasteiger partial charge in [-0.2, -0.15) is 0 Å². The first kappa shape index (κ1) is 17.9. The van der Waals surface area contributed by atoms with Crippen LogP contribution >= 0.6 is 0 Å². The molecule has 0 bridgehead atoms. The monoisotopic (exact) mass is 353 g/mol. The quantitative estimate of drug-likeness (QED) is 0.890. The van der Waals surface area contributed by atoms with E-state index in [1.807, 2.05) is 51.1 Å². The number of oxime groups is 1. The molecule has 6 heteroatoms. The summed E-state index contributed by atoms with van der Waals surface area (Å²) >= 11 is 0. The van der Waals surface area contributed by atoms with Gasteiger partial charge in [0.05, 0.1) is 5.71 Å². The molecule has 0 saturated heterocycles. The number of aryl methyl sites for hydroxylation is 2. The molecule has 0 saturated carbocycles. The molecule has 0 aliphatic carbocycles. The van der Waals surface area contributed by atoms with Gasteiger partial charge in [0, 0.05) is 24.7 Å². The Bertz CT molecular complexity index is 843. The van der Waals surface area contributed by atoms with Gasteiger partial charge in [-0.25, -0.2) is 4.98 Å². The molecule has 1 amide bonds. The zero-order valence-corrected chi connectivity index (χ0v) is 15.5. The second kappa shape index (κ2) is 7.15. The predicted molar refractivity (Wildman–Crippen MR) is 99.3 cm³/mol. The molecule has 26 heavy (non-hydrogen) atoms. The fourth-order valence-electron chi connectivity index (χ4n) is 2.92. The highest BCUT2D eigenvalue weighted by atomic mass is 16.7. The first-order chi connectivity index (χ1) is 12.4. The van der Waals surface area contributed by atoms with Gasteiger partial charge in [-0.3, -0.25) is 4.79 Å².